The van der Waals surface area contributed by atoms with Crippen molar-refractivity contribution in [1.82, 2.24) is 0 Å². The van der Waals surface area contributed by atoms with Gasteiger partial charge >= 0.3 is 6.18 Å². The highest BCUT2D eigenvalue weighted by Crippen LogP contribution is 2.25. The molecule has 14 heavy (non-hydrogen) atoms. The molecule has 5 heteroatoms. The lowest BCUT2D eigenvalue weighted by atomic mass is 10.2. The molecular formula is C9H11F3N2. The van der Waals surface area contributed by atoms with Gasteiger partial charge in [-0.2, -0.15) is 13.2 Å². The van der Waals surface area contributed by atoms with Gasteiger partial charge in [-0.25, -0.2) is 0 Å². The minimum atomic E-state index is -4.21. The molecule has 2 N–H and O–H groups in total. The van der Waals surface area contributed by atoms with Crippen LogP contribution in [0.25, 0.3) is 0 Å². The average molecular weight is 204 g/mol. The Morgan fingerprint density at radius 1 is 1.29 bits per heavy atom. The Kier molecular flexibility index (Phi) is 2.88. The minimum Gasteiger partial charge on any atom is -0.397 e. The van der Waals surface area contributed by atoms with Gasteiger partial charge in [0.05, 0.1) is 11.4 Å². The summed E-state index contributed by atoms with van der Waals surface area (Å²) in [5.74, 6) is 0. The highest BCUT2D eigenvalue weighted by atomic mass is 19.4. The van der Waals surface area contributed by atoms with Crippen molar-refractivity contribution in [3.63, 3.8) is 0 Å². The van der Waals surface area contributed by atoms with E-state index in [-0.39, 0.29) is 0 Å². The maximum absolute atomic E-state index is 12.0. The van der Waals surface area contributed by atoms with Gasteiger partial charge in [0.2, 0.25) is 0 Å². The number of para-hydroxylation sites is 2. The second-order valence-electron chi connectivity index (χ2n) is 3.03. The van der Waals surface area contributed by atoms with Crippen molar-refractivity contribution in [2.45, 2.75) is 6.18 Å². The van der Waals surface area contributed by atoms with E-state index in [0.29, 0.717) is 11.4 Å². The van der Waals surface area contributed by atoms with Crippen molar-refractivity contribution in [3.05, 3.63) is 24.3 Å². The molecule has 0 atom stereocenters. The highest BCUT2D eigenvalue weighted by molar-refractivity contribution is 5.66. The van der Waals surface area contributed by atoms with E-state index in [4.69, 9.17) is 5.73 Å². The van der Waals surface area contributed by atoms with Crippen LogP contribution in [0.4, 0.5) is 24.5 Å². The van der Waals surface area contributed by atoms with Crippen LogP contribution in [0.15, 0.2) is 24.3 Å². The number of anilines is 2. The second kappa shape index (κ2) is 3.77. The van der Waals surface area contributed by atoms with E-state index in [9.17, 15) is 13.2 Å². The zero-order chi connectivity index (χ0) is 10.8. The average Bonchev–Trinajstić information content (AvgIpc) is 2.01. The van der Waals surface area contributed by atoms with Crippen LogP contribution in [-0.4, -0.2) is 19.8 Å². The van der Waals surface area contributed by atoms with Gasteiger partial charge in [-0.15, -0.1) is 0 Å². The molecule has 1 aromatic rings. The molecule has 0 aliphatic rings. The third kappa shape index (κ3) is 2.83. The molecule has 0 bridgehead atoms. The Morgan fingerprint density at radius 2 is 1.86 bits per heavy atom. The van der Waals surface area contributed by atoms with E-state index in [1.807, 2.05) is 0 Å². The van der Waals surface area contributed by atoms with Gasteiger partial charge in [-0.05, 0) is 12.1 Å². The van der Waals surface area contributed by atoms with Gasteiger partial charge in [-0.3, -0.25) is 0 Å². The van der Waals surface area contributed by atoms with Crippen LogP contribution in [0.5, 0.6) is 0 Å². The van der Waals surface area contributed by atoms with E-state index in [2.05, 4.69) is 0 Å². The molecule has 1 aromatic carbocycles. The maximum Gasteiger partial charge on any atom is 0.405 e. The lowest BCUT2D eigenvalue weighted by Crippen LogP contribution is -2.31. The monoisotopic (exact) mass is 204 g/mol. The number of nitrogen functional groups attached to an aromatic ring is 1. The number of alkyl halides is 3. The van der Waals surface area contributed by atoms with Crippen molar-refractivity contribution < 1.29 is 13.2 Å². The molecule has 0 aliphatic heterocycles. The van der Waals surface area contributed by atoms with Crippen LogP contribution in [0.2, 0.25) is 0 Å². The SMILES string of the molecule is CN(CC(F)(F)F)c1ccccc1N. The number of nitrogens with two attached hydrogens (primary N) is 1. The first-order valence-corrected chi connectivity index (χ1v) is 4.02. The fraction of sp³-hybridized carbons (Fsp3) is 0.333. The van der Waals surface area contributed by atoms with E-state index < -0.39 is 12.7 Å². The van der Waals surface area contributed by atoms with Gasteiger partial charge in [0, 0.05) is 7.05 Å². The van der Waals surface area contributed by atoms with Gasteiger partial charge < -0.3 is 10.6 Å². The summed E-state index contributed by atoms with van der Waals surface area (Å²) >= 11 is 0. The topological polar surface area (TPSA) is 29.3 Å². The van der Waals surface area contributed by atoms with E-state index in [1.165, 1.54) is 7.05 Å². The summed E-state index contributed by atoms with van der Waals surface area (Å²) in [6.45, 7) is -0.999. The first kappa shape index (κ1) is 10.7. The smallest absolute Gasteiger partial charge is 0.397 e. The fourth-order valence-electron chi connectivity index (χ4n) is 1.19. The predicted molar refractivity (Wildman–Crippen MR) is 50.2 cm³/mol. The Hall–Kier alpha value is -1.39. The number of nitrogens with zero attached hydrogens (tertiary/aromatic N) is 1. The van der Waals surface area contributed by atoms with Crippen LogP contribution < -0.4 is 10.6 Å². The molecule has 78 valence electrons. The minimum absolute atomic E-state index is 0.347. The maximum atomic E-state index is 12.0. The molecule has 0 fully saturated rings. The first-order valence-electron chi connectivity index (χ1n) is 4.02. The summed E-state index contributed by atoms with van der Waals surface area (Å²) < 4.78 is 36.1. The Balaban J connectivity index is 2.80. The van der Waals surface area contributed by atoms with Crippen LogP contribution in [0.3, 0.4) is 0 Å². The molecule has 0 amide bonds. The lowest BCUT2D eigenvalue weighted by Gasteiger charge is -2.22. The molecule has 0 aromatic heterocycles. The van der Waals surface area contributed by atoms with Crippen LogP contribution >= 0.6 is 0 Å². The Bertz CT molecular complexity index is 309. The number of rotatable bonds is 2. The van der Waals surface area contributed by atoms with Crippen LogP contribution in [-0.2, 0) is 0 Å². The van der Waals surface area contributed by atoms with Crippen molar-refractivity contribution in [3.8, 4) is 0 Å². The third-order valence-corrected chi connectivity index (χ3v) is 1.76. The molecular weight excluding hydrogens is 193 g/mol. The van der Waals surface area contributed by atoms with Crippen molar-refractivity contribution >= 4 is 11.4 Å². The zero-order valence-electron chi connectivity index (χ0n) is 7.67. The Labute approximate surface area is 80.1 Å². The van der Waals surface area contributed by atoms with E-state index >= 15 is 0 Å². The Morgan fingerprint density at radius 3 is 2.36 bits per heavy atom. The van der Waals surface area contributed by atoms with Gasteiger partial charge in [0.1, 0.15) is 6.54 Å². The van der Waals surface area contributed by atoms with Gasteiger partial charge in [0.15, 0.2) is 0 Å². The van der Waals surface area contributed by atoms with Crippen molar-refractivity contribution in [2.75, 3.05) is 24.2 Å². The summed E-state index contributed by atoms with van der Waals surface area (Å²) in [7, 11) is 1.36. The van der Waals surface area contributed by atoms with Crippen molar-refractivity contribution in [2.24, 2.45) is 0 Å². The molecule has 0 unspecified atom stereocenters. The largest absolute Gasteiger partial charge is 0.405 e. The van der Waals surface area contributed by atoms with E-state index in [0.717, 1.165) is 4.90 Å². The number of hydrogen-bond acceptors (Lipinski definition) is 2. The molecule has 1 rings (SSSR count). The fourth-order valence-corrected chi connectivity index (χ4v) is 1.19. The van der Waals surface area contributed by atoms with E-state index in [1.54, 1.807) is 24.3 Å². The summed E-state index contributed by atoms with van der Waals surface area (Å²) in [5, 5.41) is 0. The molecule has 2 nitrogen and oxygen atoms in total. The van der Waals surface area contributed by atoms with Crippen LogP contribution in [0, 0.1) is 0 Å². The third-order valence-electron chi connectivity index (χ3n) is 1.76. The quantitative estimate of drug-likeness (QED) is 0.749. The summed E-state index contributed by atoms with van der Waals surface area (Å²) in [6, 6.07) is 6.46. The summed E-state index contributed by atoms with van der Waals surface area (Å²) in [4.78, 5) is 1.08. The molecule has 0 spiro atoms. The predicted octanol–water partition coefficient (Wildman–Crippen LogP) is 2.27. The lowest BCUT2D eigenvalue weighted by molar-refractivity contribution is -0.119. The molecule has 0 heterocycles. The number of benzene rings is 1. The number of halogens is 3. The summed E-state index contributed by atoms with van der Waals surface area (Å²) in [5.41, 5.74) is 6.27. The van der Waals surface area contributed by atoms with Crippen LogP contribution in [0.1, 0.15) is 0 Å². The van der Waals surface area contributed by atoms with Gasteiger partial charge in [-0.1, -0.05) is 12.1 Å². The molecule has 0 aliphatic carbocycles. The molecule has 0 radical (unpaired) electrons. The second-order valence-corrected chi connectivity index (χ2v) is 3.03. The highest BCUT2D eigenvalue weighted by Gasteiger charge is 2.29. The molecule has 0 saturated heterocycles. The van der Waals surface area contributed by atoms with Crippen molar-refractivity contribution in [1.29, 1.82) is 0 Å². The standard InChI is InChI=1S/C9H11F3N2/c1-14(6-9(10,11)12)8-5-3-2-4-7(8)13/h2-5H,6,13H2,1H3. The zero-order valence-corrected chi connectivity index (χ0v) is 7.67. The number of hydrogen-bond donors (Lipinski definition) is 1. The summed E-state index contributed by atoms with van der Waals surface area (Å²) in [6.07, 6.45) is -4.21. The normalized spacial score (nSPS) is 11.4. The molecule has 0 saturated carbocycles. The first-order chi connectivity index (χ1) is 6.40. The van der Waals surface area contributed by atoms with Gasteiger partial charge in [0.25, 0.3) is 0 Å².